The standard InChI is InChI=1S/C18H22N2O4/c1-11(2)19-10-14(8-16(19)21)17(22)20-9-13-6-4-3-5-12(13)7-15(20)18(23)24/h3-6,11,14-15H,7-10H2,1-2H3,(H,23,24)/t14-,15+/m0/s1. The molecule has 6 heteroatoms. The number of fused-ring (bicyclic) bond motifs is 1. The third-order valence-electron chi connectivity index (χ3n) is 4.95. The fourth-order valence-corrected chi connectivity index (χ4v) is 3.61. The highest BCUT2D eigenvalue weighted by Crippen LogP contribution is 2.28. The van der Waals surface area contributed by atoms with Crippen molar-refractivity contribution in [3.63, 3.8) is 0 Å². The average molecular weight is 330 g/mol. The number of amides is 2. The Balaban J connectivity index is 1.83. The molecule has 0 unspecified atom stereocenters. The van der Waals surface area contributed by atoms with Crippen LogP contribution in [0.15, 0.2) is 24.3 Å². The number of aliphatic carboxylic acids is 1. The van der Waals surface area contributed by atoms with Crippen molar-refractivity contribution >= 4 is 17.8 Å². The number of carbonyl (C=O) groups is 3. The first-order valence-corrected chi connectivity index (χ1v) is 8.28. The summed E-state index contributed by atoms with van der Waals surface area (Å²) in [5.74, 6) is -1.71. The molecular formula is C18H22N2O4. The summed E-state index contributed by atoms with van der Waals surface area (Å²) in [6.45, 7) is 4.50. The molecule has 1 saturated heterocycles. The second-order valence-electron chi connectivity index (χ2n) is 6.83. The Bertz CT molecular complexity index is 685. The van der Waals surface area contributed by atoms with Crippen LogP contribution < -0.4 is 0 Å². The predicted octanol–water partition coefficient (Wildman–Crippen LogP) is 1.28. The van der Waals surface area contributed by atoms with E-state index < -0.39 is 17.9 Å². The molecule has 0 saturated carbocycles. The van der Waals surface area contributed by atoms with Crippen molar-refractivity contribution in [2.45, 2.75) is 45.3 Å². The zero-order valence-electron chi connectivity index (χ0n) is 13.9. The van der Waals surface area contributed by atoms with Gasteiger partial charge in [-0.15, -0.1) is 0 Å². The largest absolute Gasteiger partial charge is 0.480 e. The van der Waals surface area contributed by atoms with Crippen molar-refractivity contribution in [3.05, 3.63) is 35.4 Å². The number of hydrogen-bond donors (Lipinski definition) is 1. The van der Waals surface area contributed by atoms with Crippen LogP contribution in [0.1, 0.15) is 31.4 Å². The van der Waals surface area contributed by atoms with Crippen LogP contribution in [0.25, 0.3) is 0 Å². The molecule has 24 heavy (non-hydrogen) atoms. The van der Waals surface area contributed by atoms with E-state index in [1.165, 1.54) is 4.90 Å². The zero-order valence-corrected chi connectivity index (χ0v) is 13.9. The maximum atomic E-state index is 12.9. The Labute approximate surface area is 141 Å². The van der Waals surface area contributed by atoms with Crippen molar-refractivity contribution in [2.75, 3.05) is 6.54 Å². The van der Waals surface area contributed by atoms with E-state index in [2.05, 4.69) is 0 Å². The van der Waals surface area contributed by atoms with E-state index in [1.54, 1.807) is 4.90 Å². The zero-order chi connectivity index (χ0) is 17.4. The van der Waals surface area contributed by atoms with Gasteiger partial charge in [0.05, 0.1) is 5.92 Å². The van der Waals surface area contributed by atoms with Gasteiger partial charge in [0.25, 0.3) is 0 Å². The van der Waals surface area contributed by atoms with Crippen molar-refractivity contribution in [1.82, 2.24) is 9.80 Å². The molecule has 2 atom stereocenters. The van der Waals surface area contributed by atoms with Crippen LogP contribution in [-0.2, 0) is 27.3 Å². The van der Waals surface area contributed by atoms with Gasteiger partial charge >= 0.3 is 5.97 Å². The van der Waals surface area contributed by atoms with Gasteiger partial charge in [0.2, 0.25) is 11.8 Å². The Hall–Kier alpha value is -2.37. The summed E-state index contributed by atoms with van der Waals surface area (Å²) in [4.78, 5) is 39.8. The maximum Gasteiger partial charge on any atom is 0.326 e. The van der Waals surface area contributed by atoms with Crippen LogP contribution in [0.2, 0.25) is 0 Å². The highest BCUT2D eigenvalue weighted by Gasteiger charge is 2.42. The summed E-state index contributed by atoms with van der Waals surface area (Å²) >= 11 is 0. The summed E-state index contributed by atoms with van der Waals surface area (Å²) < 4.78 is 0. The topological polar surface area (TPSA) is 77.9 Å². The van der Waals surface area contributed by atoms with Crippen LogP contribution in [0, 0.1) is 5.92 Å². The van der Waals surface area contributed by atoms with Crippen LogP contribution in [0.3, 0.4) is 0 Å². The Morgan fingerprint density at radius 2 is 1.83 bits per heavy atom. The normalized spacial score (nSPS) is 23.5. The molecule has 1 aromatic carbocycles. The van der Waals surface area contributed by atoms with Gasteiger partial charge in [-0.05, 0) is 25.0 Å². The number of likely N-dealkylation sites (tertiary alicyclic amines) is 1. The van der Waals surface area contributed by atoms with Crippen LogP contribution in [0.5, 0.6) is 0 Å². The molecule has 0 bridgehead atoms. The lowest BCUT2D eigenvalue weighted by Gasteiger charge is -2.36. The number of carboxylic acid groups (broad SMARTS) is 1. The van der Waals surface area contributed by atoms with Gasteiger partial charge < -0.3 is 14.9 Å². The number of benzene rings is 1. The summed E-state index contributed by atoms with van der Waals surface area (Å²) in [6.07, 6.45) is 0.479. The van der Waals surface area contributed by atoms with Gasteiger partial charge in [-0.2, -0.15) is 0 Å². The number of rotatable bonds is 3. The number of nitrogens with zero attached hydrogens (tertiary/aromatic N) is 2. The van der Waals surface area contributed by atoms with E-state index in [0.717, 1.165) is 11.1 Å². The number of hydrogen-bond acceptors (Lipinski definition) is 3. The smallest absolute Gasteiger partial charge is 0.326 e. The molecule has 3 rings (SSSR count). The van der Waals surface area contributed by atoms with Gasteiger partial charge in [-0.1, -0.05) is 24.3 Å². The first-order chi connectivity index (χ1) is 11.4. The molecule has 1 N–H and O–H groups in total. The van der Waals surface area contributed by atoms with Gasteiger partial charge in [0.15, 0.2) is 0 Å². The van der Waals surface area contributed by atoms with Crippen LogP contribution in [-0.4, -0.2) is 51.3 Å². The fraction of sp³-hybridized carbons (Fsp3) is 0.500. The van der Waals surface area contributed by atoms with Crippen molar-refractivity contribution < 1.29 is 19.5 Å². The van der Waals surface area contributed by atoms with E-state index in [9.17, 15) is 19.5 Å². The lowest BCUT2D eigenvalue weighted by atomic mass is 9.92. The highest BCUT2D eigenvalue weighted by molar-refractivity contribution is 5.91. The molecule has 0 radical (unpaired) electrons. The third-order valence-corrected chi connectivity index (χ3v) is 4.95. The molecule has 128 valence electrons. The monoisotopic (exact) mass is 330 g/mol. The van der Waals surface area contributed by atoms with Crippen molar-refractivity contribution in [3.8, 4) is 0 Å². The summed E-state index contributed by atoms with van der Waals surface area (Å²) in [5, 5.41) is 9.55. The SMILES string of the molecule is CC(C)N1C[C@@H](C(=O)N2Cc3ccccc3C[C@@H]2C(=O)O)CC1=O. The fourth-order valence-electron chi connectivity index (χ4n) is 3.61. The molecule has 2 aliphatic rings. The molecule has 0 aromatic heterocycles. The Morgan fingerprint density at radius 3 is 2.42 bits per heavy atom. The first-order valence-electron chi connectivity index (χ1n) is 8.28. The Morgan fingerprint density at radius 1 is 1.17 bits per heavy atom. The summed E-state index contributed by atoms with van der Waals surface area (Å²) in [7, 11) is 0. The summed E-state index contributed by atoms with van der Waals surface area (Å²) in [6, 6.07) is 6.79. The molecular weight excluding hydrogens is 308 g/mol. The predicted molar refractivity (Wildman–Crippen MR) is 87.1 cm³/mol. The van der Waals surface area contributed by atoms with Gasteiger partial charge in [0.1, 0.15) is 6.04 Å². The number of carboxylic acids is 1. The molecule has 6 nitrogen and oxygen atoms in total. The van der Waals surface area contributed by atoms with Crippen LogP contribution in [0.4, 0.5) is 0 Å². The first kappa shape index (κ1) is 16.5. The van der Waals surface area contributed by atoms with Crippen LogP contribution >= 0.6 is 0 Å². The maximum absolute atomic E-state index is 12.9. The van der Waals surface area contributed by atoms with E-state index >= 15 is 0 Å². The molecule has 1 aromatic rings. The van der Waals surface area contributed by atoms with E-state index in [0.29, 0.717) is 19.5 Å². The second kappa shape index (κ2) is 6.26. The Kier molecular flexibility index (Phi) is 4.30. The lowest BCUT2D eigenvalue weighted by molar-refractivity contribution is -0.153. The molecule has 2 amide bonds. The summed E-state index contributed by atoms with van der Waals surface area (Å²) in [5.41, 5.74) is 1.95. The highest BCUT2D eigenvalue weighted by atomic mass is 16.4. The minimum absolute atomic E-state index is 0.0346. The van der Waals surface area contributed by atoms with Gasteiger partial charge in [-0.25, -0.2) is 4.79 Å². The van der Waals surface area contributed by atoms with Gasteiger partial charge in [0, 0.05) is 32.0 Å². The van der Waals surface area contributed by atoms with Crippen molar-refractivity contribution in [1.29, 1.82) is 0 Å². The minimum atomic E-state index is -0.997. The van der Waals surface area contributed by atoms with Gasteiger partial charge in [-0.3, -0.25) is 9.59 Å². The molecule has 2 aliphatic heterocycles. The van der Waals surface area contributed by atoms with E-state index in [1.807, 2.05) is 38.1 Å². The van der Waals surface area contributed by atoms with E-state index in [-0.39, 0.29) is 24.3 Å². The second-order valence-corrected chi connectivity index (χ2v) is 6.83. The molecule has 2 heterocycles. The lowest BCUT2D eigenvalue weighted by Crippen LogP contribution is -2.51. The quantitative estimate of drug-likeness (QED) is 0.906. The molecule has 0 spiro atoms. The minimum Gasteiger partial charge on any atom is -0.480 e. The average Bonchev–Trinajstić information content (AvgIpc) is 2.95. The van der Waals surface area contributed by atoms with Crippen molar-refractivity contribution in [2.24, 2.45) is 5.92 Å². The number of carbonyl (C=O) groups excluding carboxylic acids is 2. The third kappa shape index (κ3) is 2.88. The molecule has 0 aliphatic carbocycles. The van der Waals surface area contributed by atoms with E-state index in [4.69, 9.17) is 0 Å². The molecule has 1 fully saturated rings.